The van der Waals surface area contributed by atoms with Crippen LogP contribution in [0.15, 0.2) is 53.4 Å². The summed E-state index contributed by atoms with van der Waals surface area (Å²) in [5.41, 5.74) is 6.36. The molecular formula is C15H15Cl2NO2S. The normalized spacial score (nSPS) is 13.1. The fourth-order valence-corrected chi connectivity index (χ4v) is 4.04. The van der Waals surface area contributed by atoms with Gasteiger partial charge in [-0.25, -0.2) is 8.42 Å². The summed E-state index contributed by atoms with van der Waals surface area (Å²) in [5.74, 6) is 0. The predicted octanol–water partition coefficient (Wildman–Crippen LogP) is 3.34. The highest BCUT2D eigenvalue weighted by molar-refractivity contribution is 7.92. The average Bonchev–Trinajstić information content (AvgIpc) is 2.49. The number of nitrogens with two attached hydrogens (primary N) is 1. The van der Waals surface area contributed by atoms with Crippen molar-refractivity contribution in [1.82, 2.24) is 0 Å². The average molecular weight is 344 g/mol. The maximum atomic E-state index is 12.6. The largest absolute Gasteiger partial charge is 0.329 e. The van der Waals surface area contributed by atoms with Crippen molar-refractivity contribution in [1.29, 1.82) is 0 Å². The third kappa shape index (κ3) is 3.58. The van der Waals surface area contributed by atoms with Crippen molar-refractivity contribution in [2.24, 2.45) is 5.73 Å². The van der Waals surface area contributed by atoms with E-state index in [0.29, 0.717) is 15.6 Å². The monoisotopic (exact) mass is 343 g/mol. The quantitative estimate of drug-likeness (QED) is 0.905. The van der Waals surface area contributed by atoms with Crippen molar-refractivity contribution in [3.05, 3.63) is 64.1 Å². The summed E-state index contributed by atoms with van der Waals surface area (Å²) in [6, 6.07) is 13.4. The van der Waals surface area contributed by atoms with Gasteiger partial charge in [-0.2, -0.15) is 0 Å². The Morgan fingerprint density at radius 3 is 2.29 bits per heavy atom. The van der Waals surface area contributed by atoms with E-state index in [0.717, 1.165) is 0 Å². The second kappa shape index (κ2) is 6.79. The first kappa shape index (κ1) is 16.3. The van der Waals surface area contributed by atoms with E-state index < -0.39 is 15.1 Å². The minimum absolute atomic E-state index is 0.0140. The van der Waals surface area contributed by atoms with Gasteiger partial charge >= 0.3 is 0 Å². The zero-order chi connectivity index (χ0) is 15.5. The number of sulfone groups is 1. The minimum atomic E-state index is -3.51. The zero-order valence-corrected chi connectivity index (χ0v) is 13.5. The van der Waals surface area contributed by atoms with Crippen LogP contribution in [0, 0.1) is 0 Å². The topological polar surface area (TPSA) is 60.2 Å². The highest BCUT2D eigenvalue weighted by Gasteiger charge is 2.27. The molecular weight excluding hydrogens is 329 g/mol. The highest BCUT2D eigenvalue weighted by atomic mass is 35.5. The Kier molecular flexibility index (Phi) is 5.27. The molecule has 0 amide bonds. The van der Waals surface area contributed by atoms with Crippen LogP contribution in [-0.4, -0.2) is 20.2 Å². The van der Waals surface area contributed by atoms with E-state index >= 15 is 0 Å². The molecule has 1 unspecified atom stereocenters. The molecule has 0 saturated carbocycles. The molecule has 2 rings (SSSR count). The van der Waals surface area contributed by atoms with Crippen LogP contribution in [-0.2, 0) is 16.3 Å². The molecule has 21 heavy (non-hydrogen) atoms. The standard InChI is InChI=1S/C15H15Cl2NO2S/c16-14-8-4-5-11(15(14)17)9-13(10-18)21(19,20)12-6-2-1-3-7-12/h1-8,13H,9-10,18H2. The maximum absolute atomic E-state index is 12.6. The number of halogens is 2. The fourth-order valence-electron chi connectivity index (χ4n) is 2.07. The van der Waals surface area contributed by atoms with Crippen LogP contribution in [0.3, 0.4) is 0 Å². The van der Waals surface area contributed by atoms with Gasteiger partial charge in [0.05, 0.1) is 20.2 Å². The molecule has 6 heteroatoms. The van der Waals surface area contributed by atoms with Crippen molar-refractivity contribution in [3.63, 3.8) is 0 Å². The molecule has 0 fully saturated rings. The van der Waals surface area contributed by atoms with E-state index in [2.05, 4.69) is 0 Å². The lowest BCUT2D eigenvalue weighted by atomic mass is 10.1. The molecule has 3 nitrogen and oxygen atoms in total. The molecule has 0 radical (unpaired) electrons. The van der Waals surface area contributed by atoms with Crippen LogP contribution >= 0.6 is 23.2 Å². The lowest BCUT2D eigenvalue weighted by Crippen LogP contribution is -2.32. The second-order valence-corrected chi connectivity index (χ2v) is 7.65. The van der Waals surface area contributed by atoms with E-state index in [-0.39, 0.29) is 17.9 Å². The Morgan fingerprint density at radius 1 is 1.00 bits per heavy atom. The molecule has 0 aliphatic heterocycles. The summed E-state index contributed by atoms with van der Waals surface area (Å²) >= 11 is 12.1. The number of hydrogen-bond donors (Lipinski definition) is 1. The van der Waals surface area contributed by atoms with Gasteiger partial charge in [-0.15, -0.1) is 0 Å². The predicted molar refractivity (Wildman–Crippen MR) is 86.6 cm³/mol. The van der Waals surface area contributed by atoms with Crippen molar-refractivity contribution in [2.45, 2.75) is 16.6 Å². The van der Waals surface area contributed by atoms with Crippen molar-refractivity contribution >= 4 is 33.0 Å². The summed E-state index contributed by atoms with van der Waals surface area (Å²) in [6.07, 6.45) is 0.229. The minimum Gasteiger partial charge on any atom is -0.329 e. The Balaban J connectivity index is 2.34. The molecule has 1 atom stereocenters. The van der Waals surface area contributed by atoms with Crippen LogP contribution in [0.2, 0.25) is 10.0 Å². The first-order valence-electron chi connectivity index (χ1n) is 6.38. The van der Waals surface area contributed by atoms with E-state index in [1.807, 2.05) is 0 Å². The SMILES string of the molecule is NCC(Cc1cccc(Cl)c1Cl)S(=O)(=O)c1ccccc1. The van der Waals surface area contributed by atoms with E-state index in [1.165, 1.54) is 0 Å². The summed E-state index contributed by atoms with van der Waals surface area (Å²) in [6.45, 7) is 0.0140. The molecule has 2 aromatic rings. The molecule has 112 valence electrons. The van der Waals surface area contributed by atoms with Crippen LogP contribution < -0.4 is 5.73 Å². The molecule has 2 N–H and O–H groups in total. The van der Waals surface area contributed by atoms with Gasteiger partial charge < -0.3 is 5.73 Å². The third-order valence-corrected chi connectivity index (χ3v) is 6.28. The smallest absolute Gasteiger partial charge is 0.182 e. The molecule has 0 spiro atoms. The van der Waals surface area contributed by atoms with Crippen LogP contribution in [0.4, 0.5) is 0 Å². The molecule has 0 saturated heterocycles. The van der Waals surface area contributed by atoms with Crippen molar-refractivity contribution in [2.75, 3.05) is 6.54 Å². The van der Waals surface area contributed by atoms with E-state index in [1.54, 1.807) is 48.5 Å². The Hall–Kier alpha value is -1.07. The van der Waals surface area contributed by atoms with Gasteiger partial charge in [-0.1, -0.05) is 53.5 Å². The Bertz CT molecular complexity index is 718. The Labute approximate surface area is 134 Å². The highest BCUT2D eigenvalue weighted by Crippen LogP contribution is 2.28. The summed E-state index contributed by atoms with van der Waals surface area (Å²) in [7, 11) is -3.51. The number of benzene rings is 2. The van der Waals surface area contributed by atoms with Crippen LogP contribution in [0.5, 0.6) is 0 Å². The molecule has 0 bridgehead atoms. The van der Waals surface area contributed by atoms with Gasteiger partial charge in [0.25, 0.3) is 0 Å². The molecule has 0 aliphatic carbocycles. The van der Waals surface area contributed by atoms with Gasteiger partial charge in [0.1, 0.15) is 0 Å². The van der Waals surface area contributed by atoms with E-state index in [4.69, 9.17) is 28.9 Å². The lowest BCUT2D eigenvalue weighted by Gasteiger charge is -2.17. The van der Waals surface area contributed by atoms with Crippen molar-refractivity contribution < 1.29 is 8.42 Å². The third-order valence-electron chi connectivity index (χ3n) is 3.25. The second-order valence-electron chi connectivity index (χ2n) is 4.63. The summed E-state index contributed by atoms with van der Waals surface area (Å²) in [5, 5.41) is 0.0405. The molecule has 2 aromatic carbocycles. The zero-order valence-electron chi connectivity index (χ0n) is 11.2. The number of rotatable bonds is 5. The van der Waals surface area contributed by atoms with Gasteiger partial charge in [0.15, 0.2) is 9.84 Å². The van der Waals surface area contributed by atoms with Gasteiger partial charge in [-0.05, 0) is 30.2 Å². The number of hydrogen-bond acceptors (Lipinski definition) is 3. The maximum Gasteiger partial charge on any atom is 0.182 e. The first-order valence-corrected chi connectivity index (χ1v) is 8.69. The lowest BCUT2D eigenvalue weighted by molar-refractivity contribution is 0.578. The molecule has 0 aliphatic rings. The Morgan fingerprint density at radius 2 is 1.67 bits per heavy atom. The summed E-state index contributed by atoms with van der Waals surface area (Å²) < 4.78 is 25.2. The molecule has 0 heterocycles. The van der Waals surface area contributed by atoms with Gasteiger partial charge in [-0.3, -0.25) is 0 Å². The first-order chi connectivity index (χ1) is 9.96. The van der Waals surface area contributed by atoms with Crippen molar-refractivity contribution in [3.8, 4) is 0 Å². The van der Waals surface area contributed by atoms with Gasteiger partial charge in [0.2, 0.25) is 0 Å². The van der Waals surface area contributed by atoms with E-state index in [9.17, 15) is 8.42 Å². The van der Waals surface area contributed by atoms with Crippen LogP contribution in [0.25, 0.3) is 0 Å². The van der Waals surface area contributed by atoms with Crippen LogP contribution in [0.1, 0.15) is 5.56 Å². The molecule has 0 aromatic heterocycles. The summed E-state index contributed by atoms with van der Waals surface area (Å²) in [4.78, 5) is 0.263. The van der Waals surface area contributed by atoms with Gasteiger partial charge in [0, 0.05) is 6.54 Å². The fraction of sp³-hybridized carbons (Fsp3) is 0.200.